The molecule has 1 saturated heterocycles. The molecule has 2 fully saturated rings. The molecule has 0 aromatic carbocycles. The van der Waals surface area contributed by atoms with E-state index in [4.69, 9.17) is 0 Å². The molecule has 5 nitrogen and oxygen atoms in total. The summed E-state index contributed by atoms with van der Waals surface area (Å²) in [5.41, 5.74) is 0. The zero-order chi connectivity index (χ0) is 12.8. The van der Waals surface area contributed by atoms with Gasteiger partial charge in [-0.05, 0) is 32.2 Å². The van der Waals surface area contributed by atoms with Crippen molar-refractivity contribution in [3.05, 3.63) is 0 Å². The van der Waals surface area contributed by atoms with E-state index in [1.807, 2.05) is 0 Å². The SMILES string of the molecule is O=C(NCCNC(=O)C1CCCCCN1)C1CC1. The zero-order valence-corrected chi connectivity index (χ0v) is 10.8. The van der Waals surface area contributed by atoms with E-state index in [1.54, 1.807) is 0 Å². The van der Waals surface area contributed by atoms with E-state index in [0.717, 1.165) is 38.6 Å². The molecule has 1 aliphatic heterocycles. The third-order valence-electron chi connectivity index (χ3n) is 3.55. The highest BCUT2D eigenvalue weighted by atomic mass is 16.2. The lowest BCUT2D eigenvalue weighted by molar-refractivity contribution is -0.124. The summed E-state index contributed by atoms with van der Waals surface area (Å²) in [6.07, 6.45) is 6.42. The molecule has 18 heavy (non-hydrogen) atoms. The number of rotatable bonds is 5. The molecule has 2 amide bonds. The maximum atomic E-state index is 11.9. The number of hydrogen-bond acceptors (Lipinski definition) is 3. The van der Waals surface area contributed by atoms with Gasteiger partial charge in [-0.15, -0.1) is 0 Å². The Morgan fingerprint density at radius 3 is 2.39 bits per heavy atom. The molecular formula is C13H23N3O2. The van der Waals surface area contributed by atoms with Crippen molar-refractivity contribution >= 4 is 11.8 Å². The standard InChI is InChI=1S/C13H23N3O2/c17-12(10-5-6-10)15-8-9-16-13(18)11-4-2-1-3-7-14-11/h10-11,14H,1-9H2,(H,15,17)(H,16,18). The minimum atomic E-state index is -0.0494. The minimum absolute atomic E-state index is 0.0494. The molecule has 102 valence electrons. The molecule has 1 aliphatic carbocycles. The fraction of sp³-hybridized carbons (Fsp3) is 0.846. The monoisotopic (exact) mass is 253 g/mol. The number of hydrogen-bond donors (Lipinski definition) is 3. The van der Waals surface area contributed by atoms with Crippen molar-refractivity contribution in [1.29, 1.82) is 0 Å². The number of carbonyl (C=O) groups excluding carboxylic acids is 2. The molecule has 0 spiro atoms. The number of nitrogens with one attached hydrogen (secondary N) is 3. The summed E-state index contributed by atoms with van der Waals surface area (Å²) < 4.78 is 0. The van der Waals surface area contributed by atoms with Crippen LogP contribution in [-0.4, -0.2) is 37.5 Å². The summed E-state index contributed by atoms with van der Waals surface area (Å²) >= 11 is 0. The van der Waals surface area contributed by atoms with Crippen LogP contribution < -0.4 is 16.0 Å². The van der Waals surface area contributed by atoms with Crippen molar-refractivity contribution in [2.75, 3.05) is 19.6 Å². The molecule has 0 aromatic heterocycles. The molecule has 1 unspecified atom stereocenters. The van der Waals surface area contributed by atoms with Crippen LogP contribution in [0.15, 0.2) is 0 Å². The quantitative estimate of drug-likeness (QED) is 0.611. The fourth-order valence-corrected chi connectivity index (χ4v) is 2.24. The van der Waals surface area contributed by atoms with Crippen molar-refractivity contribution in [1.82, 2.24) is 16.0 Å². The lowest BCUT2D eigenvalue weighted by atomic mass is 10.1. The first-order valence-electron chi connectivity index (χ1n) is 7.06. The summed E-state index contributed by atoms with van der Waals surface area (Å²) in [6.45, 7) is 1.99. The normalized spacial score (nSPS) is 24.1. The molecule has 2 rings (SSSR count). The van der Waals surface area contributed by atoms with Crippen molar-refractivity contribution in [3.8, 4) is 0 Å². The first-order valence-corrected chi connectivity index (χ1v) is 7.06. The first-order chi connectivity index (χ1) is 8.77. The highest BCUT2D eigenvalue weighted by Gasteiger charge is 2.29. The summed E-state index contributed by atoms with van der Waals surface area (Å²) in [5, 5.41) is 8.98. The second kappa shape index (κ2) is 6.73. The Morgan fingerprint density at radius 1 is 0.944 bits per heavy atom. The van der Waals surface area contributed by atoms with E-state index >= 15 is 0 Å². The van der Waals surface area contributed by atoms with Crippen LogP contribution in [-0.2, 0) is 9.59 Å². The number of amides is 2. The van der Waals surface area contributed by atoms with E-state index in [0.29, 0.717) is 13.1 Å². The second-order valence-corrected chi connectivity index (χ2v) is 5.21. The molecule has 2 aliphatic rings. The Kier molecular flexibility index (Phi) is 4.99. The summed E-state index contributed by atoms with van der Waals surface area (Å²) in [7, 11) is 0. The Labute approximate surface area is 108 Å². The molecule has 0 aromatic rings. The van der Waals surface area contributed by atoms with Crippen molar-refractivity contribution in [2.24, 2.45) is 5.92 Å². The first kappa shape index (κ1) is 13.3. The van der Waals surface area contributed by atoms with Crippen LogP contribution in [0.1, 0.15) is 38.5 Å². The smallest absolute Gasteiger partial charge is 0.237 e. The van der Waals surface area contributed by atoms with Gasteiger partial charge in [-0.2, -0.15) is 0 Å². The molecule has 0 radical (unpaired) electrons. The predicted molar refractivity (Wildman–Crippen MR) is 69.0 cm³/mol. The third kappa shape index (κ3) is 4.29. The average molecular weight is 253 g/mol. The van der Waals surface area contributed by atoms with Gasteiger partial charge in [0.05, 0.1) is 6.04 Å². The van der Waals surface area contributed by atoms with Gasteiger partial charge in [0, 0.05) is 19.0 Å². The lowest BCUT2D eigenvalue weighted by Crippen LogP contribution is -2.45. The van der Waals surface area contributed by atoms with Crippen molar-refractivity contribution in [2.45, 2.75) is 44.6 Å². The topological polar surface area (TPSA) is 70.2 Å². The van der Waals surface area contributed by atoms with Gasteiger partial charge >= 0.3 is 0 Å². The highest BCUT2D eigenvalue weighted by Crippen LogP contribution is 2.28. The fourth-order valence-electron chi connectivity index (χ4n) is 2.24. The second-order valence-electron chi connectivity index (χ2n) is 5.21. The van der Waals surface area contributed by atoms with Gasteiger partial charge in [-0.1, -0.05) is 12.8 Å². The Balaban J connectivity index is 1.57. The van der Waals surface area contributed by atoms with E-state index in [2.05, 4.69) is 16.0 Å². The molecule has 1 atom stereocenters. The maximum Gasteiger partial charge on any atom is 0.237 e. The van der Waals surface area contributed by atoms with Gasteiger partial charge in [-0.3, -0.25) is 9.59 Å². The molecule has 1 heterocycles. The summed E-state index contributed by atoms with van der Waals surface area (Å²) in [4.78, 5) is 23.2. The van der Waals surface area contributed by atoms with Crippen LogP contribution in [0.3, 0.4) is 0 Å². The summed E-state index contributed by atoms with van der Waals surface area (Å²) in [6, 6.07) is -0.0494. The zero-order valence-electron chi connectivity index (χ0n) is 10.8. The van der Waals surface area contributed by atoms with Gasteiger partial charge < -0.3 is 16.0 Å². The van der Waals surface area contributed by atoms with Crippen molar-refractivity contribution < 1.29 is 9.59 Å². The molecule has 1 saturated carbocycles. The van der Waals surface area contributed by atoms with Crippen LogP contribution in [0.2, 0.25) is 0 Å². The van der Waals surface area contributed by atoms with Gasteiger partial charge in [0.1, 0.15) is 0 Å². The summed E-state index contributed by atoms with van der Waals surface area (Å²) in [5.74, 6) is 0.443. The van der Waals surface area contributed by atoms with Crippen LogP contribution in [0.25, 0.3) is 0 Å². The van der Waals surface area contributed by atoms with Gasteiger partial charge in [-0.25, -0.2) is 0 Å². The van der Waals surface area contributed by atoms with Gasteiger partial charge in [0.15, 0.2) is 0 Å². The van der Waals surface area contributed by atoms with Crippen LogP contribution in [0.5, 0.6) is 0 Å². The Bertz CT molecular complexity index is 295. The molecule has 3 N–H and O–H groups in total. The van der Waals surface area contributed by atoms with E-state index < -0.39 is 0 Å². The van der Waals surface area contributed by atoms with Crippen molar-refractivity contribution in [3.63, 3.8) is 0 Å². The number of carbonyl (C=O) groups is 2. The van der Waals surface area contributed by atoms with Gasteiger partial charge in [0.2, 0.25) is 11.8 Å². The van der Waals surface area contributed by atoms with Crippen LogP contribution in [0, 0.1) is 5.92 Å². The minimum Gasteiger partial charge on any atom is -0.354 e. The van der Waals surface area contributed by atoms with E-state index in [1.165, 1.54) is 6.42 Å². The highest BCUT2D eigenvalue weighted by molar-refractivity contribution is 5.82. The van der Waals surface area contributed by atoms with Crippen LogP contribution >= 0.6 is 0 Å². The molecule has 0 bridgehead atoms. The molecular weight excluding hydrogens is 230 g/mol. The largest absolute Gasteiger partial charge is 0.354 e. The molecule has 5 heteroatoms. The van der Waals surface area contributed by atoms with E-state index in [9.17, 15) is 9.59 Å². The predicted octanol–water partition coefficient (Wildman–Crippen LogP) is 0.161. The van der Waals surface area contributed by atoms with Crippen LogP contribution in [0.4, 0.5) is 0 Å². The Morgan fingerprint density at radius 2 is 1.67 bits per heavy atom. The lowest BCUT2D eigenvalue weighted by Gasteiger charge is -2.15. The third-order valence-corrected chi connectivity index (χ3v) is 3.55. The average Bonchev–Trinajstić information content (AvgIpc) is 3.19. The van der Waals surface area contributed by atoms with E-state index in [-0.39, 0.29) is 23.8 Å². The maximum absolute atomic E-state index is 11.9. The van der Waals surface area contributed by atoms with Gasteiger partial charge in [0.25, 0.3) is 0 Å². The Hall–Kier alpha value is -1.10.